The van der Waals surface area contributed by atoms with Crippen LogP contribution in [-0.4, -0.2) is 35.9 Å². The highest BCUT2D eigenvalue weighted by Crippen LogP contribution is 2.18. The number of amides is 2. The van der Waals surface area contributed by atoms with E-state index in [9.17, 15) is 14.0 Å². The van der Waals surface area contributed by atoms with Crippen molar-refractivity contribution in [3.05, 3.63) is 65.0 Å². The van der Waals surface area contributed by atoms with Gasteiger partial charge in [0.25, 0.3) is 5.91 Å². The smallest absolute Gasteiger partial charge is 0.261 e. The zero-order chi connectivity index (χ0) is 22.3. The molecule has 0 aliphatic heterocycles. The van der Waals surface area contributed by atoms with Gasteiger partial charge >= 0.3 is 0 Å². The van der Waals surface area contributed by atoms with Crippen molar-refractivity contribution in [1.82, 2.24) is 10.2 Å². The number of rotatable bonds is 9. The Hall–Kier alpha value is -2.89. The molecular formula is C24H31FN2O3. The minimum atomic E-state index is -0.765. The van der Waals surface area contributed by atoms with E-state index in [1.165, 1.54) is 11.0 Å². The first-order valence-corrected chi connectivity index (χ1v) is 10.2. The van der Waals surface area contributed by atoms with Crippen LogP contribution in [0.15, 0.2) is 42.5 Å². The van der Waals surface area contributed by atoms with Gasteiger partial charge in [-0.25, -0.2) is 4.39 Å². The van der Waals surface area contributed by atoms with E-state index in [1.807, 2.05) is 39.8 Å². The van der Waals surface area contributed by atoms with E-state index >= 15 is 0 Å². The quantitative estimate of drug-likeness (QED) is 0.674. The molecule has 2 rings (SSSR count). The van der Waals surface area contributed by atoms with Crippen LogP contribution in [0.4, 0.5) is 4.39 Å². The summed E-state index contributed by atoms with van der Waals surface area (Å²) in [7, 11) is 0. The first kappa shape index (κ1) is 23.4. The van der Waals surface area contributed by atoms with Crippen LogP contribution in [-0.2, 0) is 16.1 Å². The van der Waals surface area contributed by atoms with Gasteiger partial charge in [-0.15, -0.1) is 0 Å². The third-order valence-electron chi connectivity index (χ3n) is 4.99. The maximum atomic E-state index is 14.2. The van der Waals surface area contributed by atoms with Crippen LogP contribution in [0.3, 0.4) is 0 Å². The zero-order valence-corrected chi connectivity index (χ0v) is 18.4. The maximum Gasteiger partial charge on any atom is 0.261 e. The molecule has 0 aliphatic rings. The molecule has 6 heteroatoms. The number of nitrogens with one attached hydrogen (secondary N) is 1. The van der Waals surface area contributed by atoms with Crippen molar-refractivity contribution >= 4 is 11.8 Å². The number of hydrogen-bond acceptors (Lipinski definition) is 3. The third-order valence-corrected chi connectivity index (χ3v) is 4.99. The summed E-state index contributed by atoms with van der Waals surface area (Å²) in [6.45, 7) is 9.84. The van der Waals surface area contributed by atoms with Crippen molar-refractivity contribution in [2.45, 2.75) is 47.2 Å². The fourth-order valence-corrected chi connectivity index (χ4v) is 2.88. The van der Waals surface area contributed by atoms with Gasteiger partial charge in [0.2, 0.25) is 5.91 Å². The van der Waals surface area contributed by atoms with Gasteiger partial charge in [0, 0.05) is 18.7 Å². The van der Waals surface area contributed by atoms with Crippen LogP contribution in [0.25, 0.3) is 0 Å². The first-order chi connectivity index (χ1) is 14.2. The largest absolute Gasteiger partial charge is 0.484 e. The lowest BCUT2D eigenvalue weighted by molar-refractivity contribution is -0.142. The lowest BCUT2D eigenvalue weighted by atomic mass is 10.1. The Kier molecular flexibility index (Phi) is 8.39. The summed E-state index contributed by atoms with van der Waals surface area (Å²) in [4.78, 5) is 26.9. The van der Waals surface area contributed by atoms with Crippen molar-refractivity contribution in [2.24, 2.45) is 5.92 Å². The number of halogens is 1. The summed E-state index contributed by atoms with van der Waals surface area (Å²) in [5, 5.41) is 2.84. The number of carbonyl (C=O) groups excluding carboxylic acids is 2. The molecule has 2 aromatic rings. The van der Waals surface area contributed by atoms with Crippen LogP contribution in [0.2, 0.25) is 0 Å². The minimum absolute atomic E-state index is 0.0158. The second-order valence-electron chi connectivity index (χ2n) is 7.96. The Morgan fingerprint density at radius 1 is 1.07 bits per heavy atom. The third kappa shape index (κ3) is 6.58. The van der Waals surface area contributed by atoms with Gasteiger partial charge < -0.3 is 15.0 Å². The molecule has 30 heavy (non-hydrogen) atoms. The zero-order valence-electron chi connectivity index (χ0n) is 18.4. The predicted molar refractivity (Wildman–Crippen MR) is 116 cm³/mol. The number of ether oxygens (including phenoxy) is 1. The Morgan fingerprint density at radius 2 is 1.77 bits per heavy atom. The molecule has 162 valence electrons. The molecule has 0 aliphatic carbocycles. The molecule has 0 bridgehead atoms. The van der Waals surface area contributed by atoms with Crippen LogP contribution in [0.5, 0.6) is 5.75 Å². The van der Waals surface area contributed by atoms with Crippen molar-refractivity contribution in [3.63, 3.8) is 0 Å². The lowest BCUT2D eigenvalue weighted by Gasteiger charge is -2.29. The number of hydrogen-bond donors (Lipinski definition) is 1. The summed E-state index contributed by atoms with van der Waals surface area (Å²) in [5.41, 5.74) is 2.54. The van der Waals surface area contributed by atoms with E-state index in [1.54, 1.807) is 31.2 Å². The summed E-state index contributed by atoms with van der Waals surface area (Å²) in [6, 6.07) is 11.1. The number of benzene rings is 2. The molecule has 0 unspecified atom stereocenters. The molecule has 2 aromatic carbocycles. The summed E-state index contributed by atoms with van der Waals surface area (Å²) >= 11 is 0. The standard InChI is InChI=1S/C24H31FN2O3/c1-16(2)13-26-24(29)19(5)27(14-20-8-6-7-9-22(20)25)23(28)15-30-21-11-10-17(3)18(4)12-21/h6-12,16,19H,13-15H2,1-5H3,(H,26,29)/t19-/m0/s1. The SMILES string of the molecule is Cc1ccc(OCC(=O)N(Cc2ccccc2F)[C@@H](C)C(=O)NCC(C)C)cc1C. The highest BCUT2D eigenvalue weighted by Gasteiger charge is 2.27. The lowest BCUT2D eigenvalue weighted by Crippen LogP contribution is -2.49. The van der Waals surface area contributed by atoms with Gasteiger partial charge in [0.1, 0.15) is 17.6 Å². The summed E-state index contributed by atoms with van der Waals surface area (Å²) in [6.07, 6.45) is 0. The molecule has 5 nitrogen and oxygen atoms in total. The van der Waals surface area contributed by atoms with E-state index in [-0.39, 0.29) is 30.9 Å². The Balaban J connectivity index is 2.16. The van der Waals surface area contributed by atoms with E-state index < -0.39 is 11.9 Å². The van der Waals surface area contributed by atoms with Crippen molar-refractivity contribution in [3.8, 4) is 5.75 Å². The normalized spacial score (nSPS) is 11.8. The Bertz CT molecular complexity index is 883. The Morgan fingerprint density at radius 3 is 2.40 bits per heavy atom. The average Bonchev–Trinajstić information content (AvgIpc) is 2.71. The van der Waals surface area contributed by atoms with Crippen LogP contribution in [0.1, 0.15) is 37.5 Å². The van der Waals surface area contributed by atoms with Crippen molar-refractivity contribution in [1.29, 1.82) is 0 Å². The van der Waals surface area contributed by atoms with Gasteiger partial charge in [-0.3, -0.25) is 9.59 Å². The van der Waals surface area contributed by atoms with Gasteiger partial charge in [-0.2, -0.15) is 0 Å². The van der Waals surface area contributed by atoms with E-state index in [0.717, 1.165) is 11.1 Å². The molecule has 0 saturated carbocycles. The molecular weight excluding hydrogens is 383 g/mol. The van der Waals surface area contributed by atoms with E-state index in [4.69, 9.17) is 4.74 Å². The topological polar surface area (TPSA) is 58.6 Å². The fourth-order valence-electron chi connectivity index (χ4n) is 2.88. The highest BCUT2D eigenvalue weighted by molar-refractivity contribution is 5.88. The molecule has 0 saturated heterocycles. The highest BCUT2D eigenvalue weighted by atomic mass is 19.1. The average molecular weight is 415 g/mol. The molecule has 0 spiro atoms. The molecule has 2 amide bonds. The number of carbonyl (C=O) groups is 2. The molecule has 0 aromatic heterocycles. The monoisotopic (exact) mass is 414 g/mol. The molecule has 0 fully saturated rings. The molecule has 0 heterocycles. The minimum Gasteiger partial charge on any atom is -0.484 e. The second-order valence-corrected chi connectivity index (χ2v) is 7.96. The van der Waals surface area contributed by atoms with Gasteiger partial charge in [0.15, 0.2) is 6.61 Å². The van der Waals surface area contributed by atoms with E-state index in [0.29, 0.717) is 17.9 Å². The predicted octanol–water partition coefficient (Wildman–Crippen LogP) is 4.01. The number of aryl methyl sites for hydroxylation is 2. The molecule has 0 radical (unpaired) electrons. The van der Waals surface area contributed by atoms with Crippen LogP contribution >= 0.6 is 0 Å². The van der Waals surface area contributed by atoms with Crippen molar-refractivity contribution in [2.75, 3.05) is 13.2 Å². The van der Waals surface area contributed by atoms with Gasteiger partial charge in [0.05, 0.1) is 0 Å². The summed E-state index contributed by atoms with van der Waals surface area (Å²) in [5.74, 6) is -0.220. The van der Waals surface area contributed by atoms with Gasteiger partial charge in [-0.05, 0) is 56.0 Å². The van der Waals surface area contributed by atoms with E-state index in [2.05, 4.69) is 5.32 Å². The van der Waals surface area contributed by atoms with Crippen LogP contribution in [0, 0.1) is 25.6 Å². The Labute approximate surface area is 178 Å². The molecule has 1 N–H and O–H groups in total. The summed E-state index contributed by atoms with van der Waals surface area (Å²) < 4.78 is 19.9. The second kappa shape index (κ2) is 10.8. The van der Waals surface area contributed by atoms with Gasteiger partial charge in [-0.1, -0.05) is 38.1 Å². The van der Waals surface area contributed by atoms with Crippen molar-refractivity contribution < 1.29 is 18.7 Å². The maximum absolute atomic E-state index is 14.2. The number of nitrogens with zero attached hydrogens (tertiary/aromatic N) is 1. The molecule has 1 atom stereocenters. The fraction of sp³-hybridized carbons (Fsp3) is 0.417. The first-order valence-electron chi connectivity index (χ1n) is 10.2. The van der Waals surface area contributed by atoms with Crippen LogP contribution < -0.4 is 10.1 Å².